The number of aryl methyl sites for hydroxylation is 2. The zero-order valence-corrected chi connectivity index (χ0v) is 14.3. The van der Waals surface area contributed by atoms with Gasteiger partial charge in [0.2, 0.25) is 0 Å². The number of benzene rings is 1. The average molecular weight is 313 g/mol. The van der Waals surface area contributed by atoms with Crippen LogP contribution >= 0.6 is 0 Å². The zero-order valence-electron chi connectivity index (χ0n) is 14.3. The van der Waals surface area contributed by atoms with E-state index in [0.29, 0.717) is 6.54 Å². The van der Waals surface area contributed by atoms with E-state index in [1.807, 2.05) is 57.6 Å². The summed E-state index contributed by atoms with van der Waals surface area (Å²) in [7, 11) is 1.96. The fourth-order valence-corrected chi connectivity index (χ4v) is 3.05. The summed E-state index contributed by atoms with van der Waals surface area (Å²) in [6.07, 6.45) is 1.67. The number of nitrogens with zero attached hydrogens (tertiary/aromatic N) is 3. The van der Waals surface area contributed by atoms with E-state index in [1.54, 1.807) is 4.90 Å². The van der Waals surface area contributed by atoms with Gasteiger partial charge in [-0.15, -0.1) is 0 Å². The first-order chi connectivity index (χ1) is 10.8. The van der Waals surface area contributed by atoms with Crippen molar-refractivity contribution in [2.45, 2.75) is 45.9 Å². The summed E-state index contributed by atoms with van der Waals surface area (Å²) in [5.41, 5.74) is 2.68. The summed E-state index contributed by atoms with van der Waals surface area (Å²) in [6.45, 7) is 8.15. The van der Waals surface area contributed by atoms with Gasteiger partial charge in [-0.25, -0.2) is 9.78 Å². The van der Waals surface area contributed by atoms with Crippen LogP contribution in [0, 0.1) is 6.92 Å². The molecule has 1 aliphatic rings. The van der Waals surface area contributed by atoms with Gasteiger partial charge in [0, 0.05) is 13.2 Å². The molecule has 2 aromatic rings. The highest BCUT2D eigenvalue weighted by atomic mass is 16.6. The van der Waals surface area contributed by atoms with Crippen molar-refractivity contribution < 1.29 is 9.53 Å². The van der Waals surface area contributed by atoms with Crippen molar-refractivity contribution in [3.8, 4) is 0 Å². The first-order valence-electron chi connectivity index (χ1n) is 7.83. The van der Waals surface area contributed by atoms with Crippen LogP contribution in [0.5, 0.6) is 0 Å². The van der Waals surface area contributed by atoms with E-state index in [2.05, 4.69) is 17.1 Å². The van der Waals surface area contributed by atoms with Crippen LogP contribution in [0.15, 0.2) is 30.5 Å². The third-order valence-corrected chi connectivity index (χ3v) is 3.91. The molecule has 5 nitrogen and oxygen atoms in total. The van der Waals surface area contributed by atoms with E-state index >= 15 is 0 Å². The highest BCUT2D eigenvalue weighted by Gasteiger charge is 2.39. The molecular weight excluding hydrogens is 290 g/mol. The highest BCUT2D eigenvalue weighted by molar-refractivity contribution is 5.71. The van der Waals surface area contributed by atoms with Gasteiger partial charge in [-0.3, -0.25) is 4.90 Å². The van der Waals surface area contributed by atoms with Crippen molar-refractivity contribution in [2.75, 3.05) is 0 Å². The molecule has 1 unspecified atom stereocenters. The van der Waals surface area contributed by atoms with Crippen molar-refractivity contribution in [3.63, 3.8) is 0 Å². The predicted molar refractivity (Wildman–Crippen MR) is 88.0 cm³/mol. The zero-order chi connectivity index (χ0) is 16.8. The van der Waals surface area contributed by atoms with Crippen LogP contribution < -0.4 is 0 Å². The van der Waals surface area contributed by atoms with Crippen molar-refractivity contribution in [1.82, 2.24) is 14.5 Å². The number of ether oxygens (including phenoxy) is 1. The Morgan fingerprint density at radius 3 is 2.61 bits per heavy atom. The molecule has 1 aromatic heterocycles. The van der Waals surface area contributed by atoms with Crippen LogP contribution in [-0.4, -0.2) is 26.1 Å². The molecule has 0 spiro atoms. The number of carbonyl (C=O) groups excluding carboxylic acids is 1. The Morgan fingerprint density at radius 1 is 1.30 bits per heavy atom. The molecular formula is C18H23N3O2. The van der Waals surface area contributed by atoms with E-state index in [-0.39, 0.29) is 12.1 Å². The van der Waals surface area contributed by atoms with E-state index in [4.69, 9.17) is 4.74 Å². The van der Waals surface area contributed by atoms with Gasteiger partial charge >= 0.3 is 6.09 Å². The molecule has 0 bridgehead atoms. The lowest BCUT2D eigenvalue weighted by Crippen LogP contribution is -2.36. The largest absolute Gasteiger partial charge is 0.444 e. The second-order valence-corrected chi connectivity index (χ2v) is 7.06. The lowest BCUT2D eigenvalue weighted by Gasteiger charge is -2.28. The first kappa shape index (κ1) is 15.6. The molecule has 0 fully saturated rings. The predicted octanol–water partition coefficient (Wildman–Crippen LogP) is 3.57. The lowest BCUT2D eigenvalue weighted by molar-refractivity contribution is 0.0195. The highest BCUT2D eigenvalue weighted by Crippen LogP contribution is 2.38. The Labute approximate surface area is 136 Å². The number of fused-ring (bicyclic) bond motifs is 1. The first-order valence-corrected chi connectivity index (χ1v) is 7.83. The minimum absolute atomic E-state index is 0.209. The Bertz CT molecular complexity index is 743. The number of hydrogen-bond acceptors (Lipinski definition) is 3. The lowest BCUT2D eigenvalue weighted by atomic mass is 10.0. The van der Waals surface area contributed by atoms with Crippen LogP contribution in [0.3, 0.4) is 0 Å². The van der Waals surface area contributed by atoms with Gasteiger partial charge in [-0.05, 0) is 38.8 Å². The molecule has 122 valence electrons. The monoisotopic (exact) mass is 313 g/mol. The van der Waals surface area contributed by atoms with E-state index in [0.717, 1.165) is 22.6 Å². The third kappa shape index (κ3) is 2.96. The van der Waals surface area contributed by atoms with Gasteiger partial charge in [0.15, 0.2) is 0 Å². The second kappa shape index (κ2) is 5.41. The van der Waals surface area contributed by atoms with E-state index in [1.165, 1.54) is 0 Å². The SMILES string of the molecule is Cc1cn(C)c(C2c3ccccc3CN2C(=O)OC(C)(C)C)n1. The molecule has 0 saturated heterocycles. The van der Waals surface area contributed by atoms with Crippen molar-refractivity contribution in [1.29, 1.82) is 0 Å². The third-order valence-electron chi connectivity index (χ3n) is 3.91. The molecule has 1 amide bonds. The van der Waals surface area contributed by atoms with Crippen LogP contribution in [0.2, 0.25) is 0 Å². The summed E-state index contributed by atoms with van der Waals surface area (Å²) >= 11 is 0. The number of imidazole rings is 1. The minimum Gasteiger partial charge on any atom is -0.444 e. The van der Waals surface area contributed by atoms with Gasteiger partial charge in [0.25, 0.3) is 0 Å². The molecule has 0 aliphatic carbocycles. The molecule has 3 rings (SSSR count). The number of amides is 1. The molecule has 5 heteroatoms. The summed E-state index contributed by atoms with van der Waals surface area (Å²) < 4.78 is 7.59. The van der Waals surface area contributed by atoms with Gasteiger partial charge in [-0.2, -0.15) is 0 Å². The number of hydrogen-bond donors (Lipinski definition) is 0. The van der Waals surface area contributed by atoms with Crippen molar-refractivity contribution in [2.24, 2.45) is 7.05 Å². The molecule has 0 saturated carbocycles. The average Bonchev–Trinajstić information content (AvgIpc) is 2.96. The van der Waals surface area contributed by atoms with Gasteiger partial charge in [0.1, 0.15) is 17.5 Å². The summed E-state index contributed by atoms with van der Waals surface area (Å²) in [5.74, 6) is 0.860. The molecule has 0 N–H and O–H groups in total. The summed E-state index contributed by atoms with van der Waals surface area (Å²) in [5, 5.41) is 0. The quantitative estimate of drug-likeness (QED) is 0.808. The van der Waals surface area contributed by atoms with E-state index < -0.39 is 5.60 Å². The van der Waals surface area contributed by atoms with Crippen molar-refractivity contribution >= 4 is 6.09 Å². The Balaban J connectivity index is 2.03. The van der Waals surface area contributed by atoms with Crippen LogP contribution in [0.4, 0.5) is 4.79 Å². The maximum atomic E-state index is 12.7. The fraction of sp³-hybridized carbons (Fsp3) is 0.444. The Hall–Kier alpha value is -2.30. The topological polar surface area (TPSA) is 47.4 Å². The fourth-order valence-electron chi connectivity index (χ4n) is 3.05. The molecule has 1 aliphatic heterocycles. The van der Waals surface area contributed by atoms with Crippen LogP contribution in [0.1, 0.15) is 49.5 Å². The normalized spacial score (nSPS) is 17.3. The van der Waals surface area contributed by atoms with Gasteiger partial charge in [0.05, 0.1) is 12.2 Å². The van der Waals surface area contributed by atoms with Gasteiger partial charge in [-0.1, -0.05) is 24.3 Å². The summed E-state index contributed by atoms with van der Waals surface area (Å²) in [6, 6.07) is 7.91. The molecule has 2 heterocycles. The standard InChI is InChI=1S/C18H23N3O2/c1-12-10-20(5)16(19-12)15-14-9-7-6-8-13(14)11-21(15)17(22)23-18(2,3)4/h6-10,15H,11H2,1-5H3. The smallest absolute Gasteiger partial charge is 0.411 e. The molecule has 0 radical (unpaired) electrons. The minimum atomic E-state index is -0.520. The maximum Gasteiger partial charge on any atom is 0.411 e. The Morgan fingerprint density at radius 2 is 2.00 bits per heavy atom. The van der Waals surface area contributed by atoms with Crippen LogP contribution in [0.25, 0.3) is 0 Å². The van der Waals surface area contributed by atoms with Gasteiger partial charge < -0.3 is 9.30 Å². The second-order valence-electron chi connectivity index (χ2n) is 7.06. The number of carbonyl (C=O) groups is 1. The number of rotatable bonds is 1. The number of aromatic nitrogens is 2. The van der Waals surface area contributed by atoms with Crippen molar-refractivity contribution in [3.05, 3.63) is 53.1 Å². The van der Waals surface area contributed by atoms with Crippen LogP contribution in [-0.2, 0) is 18.3 Å². The molecule has 1 atom stereocenters. The summed E-state index contributed by atoms with van der Waals surface area (Å²) in [4.78, 5) is 19.1. The molecule has 23 heavy (non-hydrogen) atoms. The van der Waals surface area contributed by atoms with E-state index in [9.17, 15) is 4.79 Å². The Kier molecular flexibility index (Phi) is 3.66. The maximum absolute atomic E-state index is 12.7. The molecule has 1 aromatic carbocycles.